The van der Waals surface area contributed by atoms with Crippen LogP contribution in [0.5, 0.6) is 5.75 Å². The Morgan fingerprint density at radius 1 is 0.698 bits per heavy atom. The van der Waals surface area contributed by atoms with Gasteiger partial charge in [0, 0.05) is 0 Å². The average molecular weight is 611 g/mol. The molecule has 0 saturated heterocycles. The summed E-state index contributed by atoms with van der Waals surface area (Å²) in [5.74, 6) is 0.830. The molecule has 6 heteroatoms. The van der Waals surface area contributed by atoms with E-state index in [0.29, 0.717) is 49.3 Å². The van der Waals surface area contributed by atoms with Crippen LogP contribution in [0, 0.1) is 0 Å². The third-order valence-corrected chi connectivity index (χ3v) is 14.6. The summed E-state index contributed by atoms with van der Waals surface area (Å²) in [6, 6.07) is 18.3. The Kier molecular flexibility index (Phi) is 16.5. The second-order valence-electron chi connectivity index (χ2n) is 12.3. The fourth-order valence-electron chi connectivity index (χ4n) is 6.30. The fraction of sp³-hybridized carbons (Fsp3) is 0.568. The largest absolute Gasteiger partial charge is 0.497 e. The van der Waals surface area contributed by atoms with Gasteiger partial charge in [-0.15, -0.1) is 13.2 Å². The molecule has 0 bridgehead atoms. The van der Waals surface area contributed by atoms with Crippen LogP contribution in [0.4, 0.5) is 0 Å². The third kappa shape index (κ3) is 11.0. The highest BCUT2D eigenvalue weighted by atomic mass is 28.4. The molecule has 5 nitrogen and oxygen atoms in total. The number of hydrogen-bond acceptors (Lipinski definition) is 5. The molecule has 0 heterocycles. The second-order valence-corrected chi connectivity index (χ2v) is 17.7. The van der Waals surface area contributed by atoms with Crippen LogP contribution in [0.2, 0.25) is 16.6 Å². The van der Waals surface area contributed by atoms with E-state index < -0.39 is 8.32 Å². The molecule has 0 unspecified atom stereocenters. The standard InChI is InChI=1S/C37H58O5Si/c1-11-17-35(40-26-31-19-15-14-16-20-31)34(13-3)41-37(27-39-25-32-21-23-33(38-10)24-22-32)36(18-12-2)42-43(28(4)5,29(6)7)30(8)9/h11-12,14-16,19-24,28-30,34-37H,1-2,13,17-18,25-27H2,3-10H3/t34-,35-,36-,37-/m0/s1. The molecule has 0 N–H and O–H groups in total. The lowest BCUT2D eigenvalue weighted by atomic mass is 10.1. The Morgan fingerprint density at radius 3 is 1.77 bits per heavy atom. The van der Waals surface area contributed by atoms with E-state index in [2.05, 4.69) is 73.8 Å². The lowest BCUT2D eigenvalue weighted by molar-refractivity contribution is -0.151. The molecule has 0 aromatic heterocycles. The molecule has 0 spiro atoms. The van der Waals surface area contributed by atoms with Gasteiger partial charge in [-0.25, -0.2) is 0 Å². The van der Waals surface area contributed by atoms with Gasteiger partial charge in [-0.1, -0.05) is 103 Å². The Labute approximate surface area is 263 Å². The predicted octanol–water partition coefficient (Wildman–Crippen LogP) is 9.67. The molecule has 240 valence electrons. The van der Waals surface area contributed by atoms with Gasteiger partial charge in [0.15, 0.2) is 0 Å². The summed E-state index contributed by atoms with van der Waals surface area (Å²) in [6.45, 7) is 25.6. The van der Waals surface area contributed by atoms with Crippen LogP contribution in [0.15, 0.2) is 79.9 Å². The molecule has 0 aliphatic carbocycles. The number of ether oxygens (including phenoxy) is 4. The number of rotatable bonds is 22. The van der Waals surface area contributed by atoms with Gasteiger partial charge >= 0.3 is 0 Å². The molecular formula is C37H58O5Si. The van der Waals surface area contributed by atoms with E-state index in [9.17, 15) is 0 Å². The van der Waals surface area contributed by atoms with E-state index >= 15 is 0 Å². The first-order valence-corrected chi connectivity index (χ1v) is 18.2. The Morgan fingerprint density at radius 2 is 1.26 bits per heavy atom. The Bertz CT molecular complexity index is 1010. The number of hydrogen-bond donors (Lipinski definition) is 0. The molecular weight excluding hydrogens is 552 g/mol. The van der Waals surface area contributed by atoms with Crippen molar-refractivity contribution in [1.29, 1.82) is 0 Å². The summed E-state index contributed by atoms with van der Waals surface area (Å²) in [4.78, 5) is 0. The van der Waals surface area contributed by atoms with E-state index in [4.69, 9.17) is 23.4 Å². The molecule has 0 aliphatic rings. The van der Waals surface area contributed by atoms with E-state index in [1.54, 1.807) is 7.11 Å². The van der Waals surface area contributed by atoms with Crippen molar-refractivity contribution in [3.8, 4) is 5.75 Å². The van der Waals surface area contributed by atoms with Crippen LogP contribution in [0.3, 0.4) is 0 Å². The molecule has 0 amide bonds. The van der Waals surface area contributed by atoms with Crippen molar-refractivity contribution in [2.75, 3.05) is 13.7 Å². The monoisotopic (exact) mass is 610 g/mol. The highest BCUT2D eigenvalue weighted by Crippen LogP contribution is 2.44. The molecule has 0 aliphatic heterocycles. The summed E-state index contributed by atoms with van der Waals surface area (Å²) in [6.07, 6.45) is 5.28. The van der Waals surface area contributed by atoms with Crippen molar-refractivity contribution < 1.29 is 23.4 Å². The minimum Gasteiger partial charge on any atom is -0.497 e. The van der Waals surface area contributed by atoms with Gasteiger partial charge in [-0.3, -0.25) is 0 Å². The lowest BCUT2D eigenvalue weighted by Crippen LogP contribution is -2.54. The van der Waals surface area contributed by atoms with E-state index in [-0.39, 0.29) is 24.4 Å². The van der Waals surface area contributed by atoms with Crippen molar-refractivity contribution in [2.24, 2.45) is 0 Å². The van der Waals surface area contributed by atoms with Crippen LogP contribution < -0.4 is 4.74 Å². The van der Waals surface area contributed by atoms with Crippen LogP contribution in [0.25, 0.3) is 0 Å². The highest BCUT2D eigenvalue weighted by molar-refractivity contribution is 6.77. The minimum absolute atomic E-state index is 0.140. The maximum atomic E-state index is 7.36. The Balaban J connectivity index is 2.37. The third-order valence-electron chi connectivity index (χ3n) is 8.46. The first kappa shape index (κ1) is 37.0. The topological polar surface area (TPSA) is 46.2 Å². The summed E-state index contributed by atoms with van der Waals surface area (Å²) < 4.78 is 32.5. The van der Waals surface area contributed by atoms with Crippen molar-refractivity contribution in [3.63, 3.8) is 0 Å². The minimum atomic E-state index is -2.21. The van der Waals surface area contributed by atoms with Crippen molar-refractivity contribution >= 4 is 8.32 Å². The smallest absolute Gasteiger partial charge is 0.200 e. The van der Waals surface area contributed by atoms with Gasteiger partial charge in [0.25, 0.3) is 0 Å². The fourth-order valence-corrected chi connectivity index (χ4v) is 11.9. The molecule has 0 saturated carbocycles. The molecule has 0 fully saturated rings. The van der Waals surface area contributed by atoms with Crippen molar-refractivity contribution in [3.05, 3.63) is 91.0 Å². The maximum Gasteiger partial charge on any atom is 0.200 e. The van der Waals surface area contributed by atoms with E-state index in [1.807, 2.05) is 54.6 Å². The normalized spacial score (nSPS) is 15.0. The maximum absolute atomic E-state index is 7.36. The molecule has 2 aromatic rings. The number of benzene rings is 2. The van der Waals surface area contributed by atoms with Gasteiger partial charge in [0.2, 0.25) is 8.32 Å². The van der Waals surface area contributed by atoms with Crippen LogP contribution >= 0.6 is 0 Å². The summed E-state index contributed by atoms with van der Waals surface area (Å²) >= 11 is 0. The van der Waals surface area contributed by atoms with Gasteiger partial charge in [0.1, 0.15) is 11.9 Å². The number of methoxy groups -OCH3 is 1. The second kappa shape index (κ2) is 19.2. The van der Waals surface area contributed by atoms with Crippen molar-refractivity contribution in [1.82, 2.24) is 0 Å². The van der Waals surface area contributed by atoms with Crippen LogP contribution in [-0.2, 0) is 31.9 Å². The van der Waals surface area contributed by atoms with Crippen LogP contribution in [-0.4, -0.2) is 46.4 Å². The molecule has 0 radical (unpaired) electrons. The van der Waals surface area contributed by atoms with E-state index in [0.717, 1.165) is 23.3 Å². The SMILES string of the molecule is C=CC[C@H](OCc1ccccc1)[C@H](CC)O[C@@H](COCc1ccc(OC)cc1)[C@H](CC=C)O[Si](C(C)C)(C(C)C)C(C)C. The van der Waals surface area contributed by atoms with Gasteiger partial charge in [-0.05, 0) is 59.1 Å². The summed E-state index contributed by atoms with van der Waals surface area (Å²) in [5.41, 5.74) is 3.57. The zero-order chi connectivity index (χ0) is 31.8. The highest BCUT2D eigenvalue weighted by Gasteiger charge is 2.48. The molecule has 2 aromatic carbocycles. The molecule has 43 heavy (non-hydrogen) atoms. The summed E-state index contributed by atoms with van der Waals surface area (Å²) in [7, 11) is -0.536. The van der Waals surface area contributed by atoms with Crippen molar-refractivity contribution in [2.45, 2.75) is 122 Å². The summed E-state index contributed by atoms with van der Waals surface area (Å²) in [5, 5.41) is 0. The van der Waals surface area contributed by atoms with Crippen LogP contribution in [0.1, 0.15) is 78.9 Å². The predicted molar refractivity (Wildman–Crippen MR) is 182 cm³/mol. The average Bonchev–Trinajstić information content (AvgIpc) is 2.99. The zero-order valence-corrected chi connectivity index (χ0v) is 29.1. The quantitative estimate of drug-likeness (QED) is 0.0981. The first-order chi connectivity index (χ1) is 20.6. The molecule has 2 rings (SSSR count). The zero-order valence-electron chi connectivity index (χ0n) is 28.1. The Hall–Kier alpha value is -2.22. The lowest BCUT2D eigenvalue weighted by Gasteiger charge is -2.46. The molecule has 4 atom stereocenters. The van der Waals surface area contributed by atoms with Gasteiger partial charge < -0.3 is 23.4 Å². The first-order valence-electron chi connectivity index (χ1n) is 16.0. The van der Waals surface area contributed by atoms with E-state index in [1.165, 1.54) is 0 Å². The van der Waals surface area contributed by atoms with Gasteiger partial charge in [0.05, 0.1) is 45.2 Å². The van der Waals surface area contributed by atoms with Gasteiger partial charge in [-0.2, -0.15) is 0 Å².